The van der Waals surface area contributed by atoms with Gasteiger partial charge in [0.15, 0.2) is 0 Å². The van der Waals surface area contributed by atoms with Crippen LogP contribution in [0.25, 0.3) is 11.1 Å². The molecule has 0 aliphatic rings. The van der Waals surface area contributed by atoms with E-state index in [1.165, 1.54) is 7.11 Å². The van der Waals surface area contributed by atoms with E-state index in [2.05, 4.69) is 30.0 Å². The molecule has 0 aliphatic heterocycles. The second-order valence-corrected chi connectivity index (χ2v) is 6.05. The molecule has 158 valence electrons. The quantitative estimate of drug-likeness (QED) is 0.324. The van der Waals surface area contributed by atoms with Gasteiger partial charge in [0.25, 0.3) is 0 Å². The predicted molar refractivity (Wildman–Crippen MR) is 113 cm³/mol. The number of ether oxygens (including phenoxy) is 1. The number of methoxy groups -OCH3 is 1. The molecule has 7 nitrogen and oxygen atoms in total. The van der Waals surface area contributed by atoms with E-state index < -0.39 is 5.97 Å². The minimum atomic E-state index is -0.490. The average molecular weight is 402 g/mol. The van der Waals surface area contributed by atoms with E-state index in [9.17, 15) is 20.1 Å². The lowest BCUT2D eigenvalue weighted by Crippen LogP contribution is -2.08. The predicted octanol–water partition coefficient (Wildman–Crippen LogP) is 2.20. The van der Waals surface area contributed by atoms with Crippen LogP contribution in [-0.2, 0) is 37.5 Å². The van der Waals surface area contributed by atoms with Gasteiger partial charge in [-0.2, -0.15) is 0 Å². The van der Waals surface area contributed by atoms with Crippen molar-refractivity contribution in [1.82, 2.24) is 10.3 Å². The molecule has 2 rings (SSSR count). The number of allylic oxidation sites excluding steroid dienone is 1. The van der Waals surface area contributed by atoms with Crippen molar-refractivity contribution >= 4 is 5.97 Å². The molecule has 1 aromatic heterocycles. The van der Waals surface area contributed by atoms with Crippen LogP contribution < -0.4 is 5.32 Å². The monoisotopic (exact) mass is 402 g/mol. The Labute approximate surface area is 171 Å². The summed E-state index contributed by atoms with van der Waals surface area (Å²) in [5.41, 5.74) is 4.79. The molecule has 0 amide bonds. The Morgan fingerprint density at radius 3 is 2.28 bits per heavy atom. The summed E-state index contributed by atoms with van der Waals surface area (Å²) in [6.45, 7) is 9.36. The number of carbonyl (C=O) groups is 1. The molecule has 0 atom stereocenters. The lowest BCUT2D eigenvalue weighted by Gasteiger charge is -2.17. The zero-order valence-corrected chi connectivity index (χ0v) is 17.0. The van der Waals surface area contributed by atoms with E-state index in [-0.39, 0.29) is 19.8 Å². The van der Waals surface area contributed by atoms with Crippen molar-refractivity contribution in [2.45, 2.75) is 32.8 Å². The summed E-state index contributed by atoms with van der Waals surface area (Å²) < 4.78 is 4.90. The molecule has 7 heteroatoms. The molecule has 0 saturated heterocycles. The van der Waals surface area contributed by atoms with E-state index in [4.69, 9.17) is 4.74 Å². The number of benzene rings is 1. The topological polar surface area (TPSA) is 115 Å². The molecule has 0 saturated carbocycles. The molecule has 0 aliphatic carbocycles. The van der Waals surface area contributed by atoms with E-state index in [0.717, 1.165) is 11.3 Å². The van der Waals surface area contributed by atoms with Crippen molar-refractivity contribution in [2.24, 2.45) is 0 Å². The summed E-state index contributed by atoms with van der Waals surface area (Å²) in [7, 11) is 3.11. The number of aromatic nitrogens is 1. The normalized spacial score (nSPS) is 10.2. The van der Waals surface area contributed by atoms with E-state index in [1.54, 1.807) is 25.3 Å². The highest BCUT2D eigenvalue weighted by molar-refractivity contribution is 5.93. The van der Waals surface area contributed by atoms with Crippen molar-refractivity contribution in [3.8, 4) is 11.1 Å². The number of rotatable bonds is 9. The van der Waals surface area contributed by atoms with Gasteiger partial charge in [0.05, 0.1) is 26.9 Å². The lowest BCUT2D eigenvalue weighted by atomic mass is 9.89. The number of aliphatic hydroxyl groups is 3. The minimum absolute atomic E-state index is 0.243. The number of aromatic amines is 1. The van der Waals surface area contributed by atoms with Crippen molar-refractivity contribution in [3.63, 3.8) is 0 Å². The molecular weight excluding hydrogens is 372 g/mol. The molecule has 1 heterocycles. The summed E-state index contributed by atoms with van der Waals surface area (Å²) >= 11 is 0. The average Bonchev–Trinajstić information content (AvgIpc) is 3.11. The van der Waals surface area contributed by atoms with Gasteiger partial charge in [-0.15, -0.1) is 19.7 Å². The second kappa shape index (κ2) is 12.0. The van der Waals surface area contributed by atoms with Crippen molar-refractivity contribution in [1.29, 1.82) is 0 Å². The molecule has 0 spiro atoms. The first kappa shape index (κ1) is 24.3. The zero-order valence-electron chi connectivity index (χ0n) is 17.0. The van der Waals surface area contributed by atoms with Crippen molar-refractivity contribution in [2.75, 3.05) is 14.2 Å². The highest BCUT2D eigenvalue weighted by Crippen LogP contribution is 2.36. The smallest absolute Gasteiger partial charge is 0.354 e. The van der Waals surface area contributed by atoms with E-state index in [0.29, 0.717) is 46.5 Å². The Balaban J connectivity index is 0.00000204. The van der Waals surface area contributed by atoms with Crippen LogP contribution in [0.5, 0.6) is 0 Å². The first-order chi connectivity index (χ1) is 14.1. The minimum Gasteiger partial charge on any atom is -0.464 e. The van der Waals surface area contributed by atoms with Crippen LogP contribution in [0, 0.1) is 0 Å². The third-order valence-electron chi connectivity index (χ3n) is 4.56. The Bertz CT molecular complexity index is 842. The summed E-state index contributed by atoms with van der Waals surface area (Å²) in [6.07, 6.45) is 2.11. The first-order valence-corrected chi connectivity index (χ1v) is 9.11. The number of H-pyrrole nitrogens is 1. The number of hydrogen-bond donors (Lipinski definition) is 5. The zero-order chi connectivity index (χ0) is 22.0. The third kappa shape index (κ3) is 5.02. The van der Waals surface area contributed by atoms with Gasteiger partial charge in [-0.05, 0) is 41.3 Å². The molecule has 0 radical (unpaired) electrons. The van der Waals surface area contributed by atoms with Gasteiger partial charge in [-0.1, -0.05) is 18.2 Å². The number of hydrogen-bond acceptors (Lipinski definition) is 6. The number of carbonyl (C=O) groups excluding carboxylic acids is 1. The maximum Gasteiger partial charge on any atom is 0.354 e. The van der Waals surface area contributed by atoms with Gasteiger partial charge in [0.1, 0.15) is 5.69 Å². The van der Waals surface area contributed by atoms with E-state index >= 15 is 0 Å². The van der Waals surface area contributed by atoms with Gasteiger partial charge < -0.3 is 30.4 Å². The number of esters is 1. The van der Waals surface area contributed by atoms with Crippen LogP contribution in [0.3, 0.4) is 0 Å². The fourth-order valence-electron chi connectivity index (χ4n) is 3.36. The summed E-state index contributed by atoms with van der Waals surface area (Å²) in [5.74, 6) is -0.490. The lowest BCUT2D eigenvalue weighted by molar-refractivity contribution is 0.0593. The molecule has 0 unspecified atom stereocenters. The van der Waals surface area contributed by atoms with Gasteiger partial charge in [-0.3, -0.25) is 0 Å². The second-order valence-electron chi connectivity index (χ2n) is 6.05. The summed E-state index contributed by atoms with van der Waals surface area (Å²) in [6, 6.07) is 3.50. The Hall–Kier alpha value is -2.71. The molecular formula is C22H30N2O5. The van der Waals surface area contributed by atoms with Gasteiger partial charge in [-0.25, -0.2) is 4.79 Å². The van der Waals surface area contributed by atoms with Crippen LogP contribution in [0.1, 0.15) is 38.4 Å². The highest BCUT2D eigenvalue weighted by atomic mass is 16.5. The van der Waals surface area contributed by atoms with Crippen LogP contribution in [0.2, 0.25) is 0 Å². The molecule has 29 heavy (non-hydrogen) atoms. The van der Waals surface area contributed by atoms with Gasteiger partial charge >= 0.3 is 5.97 Å². The highest BCUT2D eigenvalue weighted by Gasteiger charge is 2.25. The van der Waals surface area contributed by atoms with Crippen LogP contribution in [0.4, 0.5) is 0 Å². The van der Waals surface area contributed by atoms with Crippen molar-refractivity contribution < 1.29 is 24.9 Å². The molecule has 0 bridgehead atoms. The van der Waals surface area contributed by atoms with Gasteiger partial charge in [0.2, 0.25) is 0 Å². The van der Waals surface area contributed by atoms with Crippen molar-refractivity contribution in [3.05, 3.63) is 71.6 Å². The fourth-order valence-corrected chi connectivity index (χ4v) is 3.36. The maximum absolute atomic E-state index is 12.3. The van der Waals surface area contributed by atoms with Crippen LogP contribution >= 0.6 is 0 Å². The number of nitrogens with one attached hydrogen (secondary N) is 2. The SMILES string of the molecule is C=C.C=CCc1c(C(=O)OC)[nH]c(CNC)c1-c1ccc(CO)c(CO)c1CO. The fraction of sp³-hybridized carbons (Fsp3) is 0.318. The molecule has 5 N–H and O–H groups in total. The first-order valence-electron chi connectivity index (χ1n) is 9.11. The molecule has 2 aromatic rings. The Morgan fingerprint density at radius 2 is 1.79 bits per heavy atom. The molecule has 1 aromatic carbocycles. The number of aliphatic hydroxyl groups excluding tert-OH is 3. The summed E-state index contributed by atoms with van der Waals surface area (Å²) in [5, 5.41) is 32.4. The maximum atomic E-state index is 12.3. The Kier molecular flexibility index (Phi) is 10.1. The standard InChI is InChI=1S/C20H26N2O5.C2H4/c1-4-5-14-18(17(8-21-2)22-19(14)20(26)27-3)13-7-6-12(9-23)15(10-24)16(13)11-25;1-2/h4,6-7,21-25H,1,5,8-11H2,2-3H3;1-2H2. The molecule has 0 fully saturated rings. The largest absolute Gasteiger partial charge is 0.464 e. The summed E-state index contributed by atoms with van der Waals surface area (Å²) in [4.78, 5) is 15.4. The van der Waals surface area contributed by atoms with Crippen LogP contribution in [-0.4, -0.2) is 40.4 Å². The van der Waals surface area contributed by atoms with E-state index in [1.807, 2.05) is 0 Å². The third-order valence-corrected chi connectivity index (χ3v) is 4.56. The Morgan fingerprint density at radius 1 is 1.14 bits per heavy atom. The van der Waals surface area contributed by atoms with Gasteiger partial charge in [0, 0.05) is 17.8 Å². The van der Waals surface area contributed by atoms with Crippen LogP contribution in [0.15, 0.2) is 37.9 Å².